The third kappa shape index (κ3) is 2.79. The zero-order valence-corrected chi connectivity index (χ0v) is 13.5. The van der Waals surface area contributed by atoms with E-state index in [9.17, 15) is 19.5 Å². The van der Waals surface area contributed by atoms with E-state index in [1.165, 1.54) is 39.4 Å². The second kappa shape index (κ2) is 6.20. The molecular formula is C11H12N6O4S2. The summed E-state index contributed by atoms with van der Waals surface area (Å²) < 4.78 is 1.23. The zero-order valence-electron chi connectivity index (χ0n) is 11.9. The lowest BCUT2D eigenvalue weighted by atomic mass is 10.1. The number of tetrazole rings is 1. The van der Waals surface area contributed by atoms with Crippen molar-refractivity contribution in [1.29, 1.82) is 0 Å². The monoisotopic (exact) mass is 356 g/mol. The first-order valence-electron chi connectivity index (χ1n) is 6.48. The number of hydrogen-bond acceptors (Lipinski definition) is 8. The summed E-state index contributed by atoms with van der Waals surface area (Å²) in [6, 6.07) is -0.735. The molecule has 3 heterocycles. The lowest BCUT2D eigenvalue weighted by Gasteiger charge is -2.49. The Bertz CT molecular complexity index is 691. The molecule has 2 aliphatic rings. The highest BCUT2D eigenvalue weighted by Gasteiger charge is 2.54. The van der Waals surface area contributed by atoms with Gasteiger partial charge in [-0.2, -0.15) is 0 Å². The van der Waals surface area contributed by atoms with Gasteiger partial charge >= 0.3 is 5.97 Å². The molecule has 122 valence electrons. The molecule has 0 radical (unpaired) electrons. The van der Waals surface area contributed by atoms with E-state index >= 15 is 0 Å². The van der Waals surface area contributed by atoms with E-state index in [-0.39, 0.29) is 12.2 Å². The van der Waals surface area contributed by atoms with Crippen molar-refractivity contribution in [3.63, 3.8) is 0 Å². The fourth-order valence-electron chi connectivity index (χ4n) is 2.37. The molecule has 2 aliphatic heterocycles. The Labute approximate surface area is 138 Å². The molecule has 0 spiro atoms. The second-order valence-corrected chi connectivity index (χ2v) is 6.75. The molecule has 0 aromatic carbocycles. The molecular weight excluding hydrogens is 344 g/mol. The molecule has 12 heteroatoms. The van der Waals surface area contributed by atoms with Crippen LogP contribution in [0.4, 0.5) is 0 Å². The summed E-state index contributed by atoms with van der Waals surface area (Å²) >= 11 is 2.74. The number of hydrogen-bond donors (Lipinski definition) is 2. The van der Waals surface area contributed by atoms with Crippen molar-refractivity contribution >= 4 is 41.3 Å². The van der Waals surface area contributed by atoms with Gasteiger partial charge in [0.25, 0.3) is 5.91 Å². The molecule has 0 bridgehead atoms. The van der Waals surface area contributed by atoms with E-state index in [1.807, 2.05) is 0 Å². The van der Waals surface area contributed by atoms with Gasteiger partial charge in [0.05, 0.1) is 0 Å². The smallest absolute Gasteiger partial charge is 0.353 e. The van der Waals surface area contributed by atoms with Crippen molar-refractivity contribution in [2.75, 3.05) is 12.0 Å². The van der Waals surface area contributed by atoms with Crippen molar-refractivity contribution in [1.82, 2.24) is 30.4 Å². The van der Waals surface area contributed by atoms with Crippen LogP contribution in [-0.4, -0.2) is 71.4 Å². The van der Waals surface area contributed by atoms with E-state index in [1.54, 1.807) is 6.26 Å². The molecule has 0 aliphatic carbocycles. The van der Waals surface area contributed by atoms with Crippen molar-refractivity contribution in [3.05, 3.63) is 16.9 Å². The van der Waals surface area contributed by atoms with Gasteiger partial charge in [0, 0.05) is 10.7 Å². The van der Waals surface area contributed by atoms with Gasteiger partial charge < -0.3 is 10.4 Å². The number of fused-ring (bicyclic) bond motifs is 1. The Kier molecular flexibility index (Phi) is 4.26. The minimum Gasteiger partial charge on any atom is -0.477 e. The Hall–Kier alpha value is -2.08. The summed E-state index contributed by atoms with van der Waals surface area (Å²) in [5.74, 6) is -1.47. The Balaban J connectivity index is 1.69. The second-order valence-electron chi connectivity index (χ2n) is 4.74. The standard InChI is InChI=1S/C11H12N6O4S2/c1-22-5-3-23-10-7(9(19)17(10)8(5)11(20)21)13-6(18)2-16-4-12-14-15-16/h4,7,10H,2-3H2,1H3,(H,13,18)(H,20,21)/t7-,10-/m1/s1. The van der Waals surface area contributed by atoms with Gasteiger partial charge in [-0.05, 0) is 16.7 Å². The van der Waals surface area contributed by atoms with E-state index < -0.39 is 29.2 Å². The third-order valence-corrected chi connectivity index (χ3v) is 5.69. The predicted molar refractivity (Wildman–Crippen MR) is 81.0 cm³/mol. The number of amides is 2. The largest absolute Gasteiger partial charge is 0.477 e. The lowest BCUT2D eigenvalue weighted by molar-refractivity contribution is -0.150. The number of nitrogens with one attached hydrogen (secondary N) is 1. The number of carbonyl (C=O) groups excluding carboxylic acids is 2. The maximum Gasteiger partial charge on any atom is 0.353 e. The number of β-lactam (4-membered cyclic amide) rings is 1. The Morgan fingerprint density at radius 3 is 2.96 bits per heavy atom. The number of carboxylic acids is 1. The first kappa shape index (κ1) is 15.8. The average molecular weight is 356 g/mol. The maximum atomic E-state index is 12.3. The summed E-state index contributed by atoms with van der Waals surface area (Å²) in [7, 11) is 0. The molecule has 23 heavy (non-hydrogen) atoms. The normalized spacial score (nSPS) is 23.3. The zero-order chi connectivity index (χ0) is 16.6. The maximum absolute atomic E-state index is 12.3. The van der Waals surface area contributed by atoms with Gasteiger partial charge in [0.2, 0.25) is 5.91 Å². The van der Waals surface area contributed by atoms with E-state index in [4.69, 9.17) is 0 Å². The molecule has 2 N–H and O–H groups in total. The highest BCUT2D eigenvalue weighted by Crippen LogP contribution is 2.42. The van der Waals surface area contributed by atoms with E-state index in [0.717, 1.165) is 0 Å². The Morgan fingerprint density at radius 1 is 1.57 bits per heavy atom. The van der Waals surface area contributed by atoms with E-state index in [2.05, 4.69) is 20.8 Å². The number of aliphatic carboxylic acids is 1. The molecule has 0 unspecified atom stereocenters. The van der Waals surface area contributed by atoms with Gasteiger partial charge in [0.15, 0.2) is 0 Å². The predicted octanol–water partition coefficient (Wildman–Crippen LogP) is -1.27. The van der Waals surface area contributed by atoms with Crippen LogP contribution in [0, 0.1) is 0 Å². The summed E-state index contributed by atoms with van der Waals surface area (Å²) in [6.07, 6.45) is 3.06. The average Bonchev–Trinajstić information content (AvgIpc) is 3.03. The summed E-state index contributed by atoms with van der Waals surface area (Å²) in [6.45, 7) is -0.105. The van der Waals surface area contributed by atoms with Gasteiger partial charge in [-0.25, -0.2) is 9.48 Å². The SMILES string of the molecule is CSC1=C(C(=O)O)N2C(=O)[C@@H](NC(=O)Cn3cnnn3)[C@H]2SC1. The van der Waals surface area contributed by atoms with Crippen LogP contribution in [0.3, 0.4) is 0 Å². The number of nitrogens with zero attached hydrogens (tertiary/aromatic N) is 5. The van der Waals surface area contributed by atoms with Crippen molar-refractivity contribution < 1.29 is 19.5 Å². The summed E-state index contributed by atoms with van der Waals surface area (Å²) in [5.41, 5.74) is 0.0113. The van der Waals surface area contributed by atoms with Crippen LogP contribution >= 0.6 is 23.5 Å². The molecule has 2 atom stereocenters. The van der Waals surface area contributed by atoms with Crippen LogP contribution in [0.25, 0.3) is 0 Å². The molecule has 1 saturated heterocycles. The quantitative estimate of drug-likeness (QED) is 0.620. The minimum atomic E-state index is -1.13. The van der Waals surface area contributed by atoms with Crippen LogP contribution in [-0.2, 0) is 20.9 Å². The van der Waals surface area contributed by atoms with Crippen LogP contribution in [0.2, 0.25) is 0 Å². The van der Waals surface area contributed by atoms with Gasteiger partial charge in [0.1, 0.15) is 30.0 Å². The first-order valence-corrected chi connectivity index (χ1v) is 8.75. The van der Waals surface area contributed by atoms with Crippen molar-refractivity contribution in [2.24, 2.45) is 0 Å². The highest BCUT2D eigenvalue weighted by atomic mass is 32.2. The molecule has 10 nitrogen and oxygen atoms in total. The molecule has 2 amide bonds. The third-order valence-electron chi connectivity index (χ3n) is 3.40. The molecule has 0 saturated carbocycles. The highest BCUT2D eigenvalue weighted by molar-refractivity contribution is 8.05. The number of carboxylic acid groups (broad SMARTS) is 1. The van der Waals surface area contributed by atoms with Gasteiger partial charge in [-0.15, -0.1) is 28.6 Å². The molecule has 3 rings (SSSR count). The molecule has 1 aromatic heterocycles. The molecule has 1 fully saturated rings. The fraction of sp³-hybridized carbons (Fsp3) is 0.455. The van der Waals surface area contributed by atoms with Crippen molar-refractivity contribution in [2.45, 2.75) is 18.0 Å². The minimum absolute atomic E-state index is 0.0113. The first-order chi connectivity index (χ1) is 11.0. The van der Waals surface area contributed by atoms with Crippen LogP contribution < -0.4 is 5.32 Å². The number of rotatable bonds is 5. The summed E-state index contributed by atoms with van der Waals surface area (Å²) in [5, 5.41) is 21.9. The van der Waals surface area contributed by atoms with Crippen LogP contribution in [0.15, 0.2) is 16.9 Å². The lowest BCUT2D eigenvalue weighted by Crippen LogP contribution is -2.70. The Morgan fingerprint density at radius 2 is 2.35 bits per heavy atom. The van der Waals surface area contributed by atoms with Crippen LogP contribution in [0.5, 0.6) is 0 Å². The fourth-order valence-corrected chi connectivity index (χ4v) is 4.61. The molecule has 1 aromatic rings. The number of thioether (sulfide) groups is 2. The summed E-state index contributed by atoms with van der Waals surface area (Å²) in [4.78, 5) is 37.5. The van der Waals surface area contributed by atoms with Gasteiger partial charge in [-0.1, -0.05) is 0 Å². The number of aromatic nitrogens is 4. The van der Waals surface area contributed by atoms with E-state index in [0.29, 0.717) is 10.7 Å². The van der Waals surface area contributed by atoms with Crippen molar-refractivity contribution in [3.8, 4) is 0 Å². The van der Waals surface area contributed by atoms with Gasteiger partial charge in [-0.3, -0.25) is 14.5 Å². The number of carbonyl (C=O) groups is 3. The van der Waals surface area contributed by atoms with Crippen LogP contribution in [0.1, 0.15) is 0 Å². The topological polar surface area (TPSA) is 130 Å².